The number of anilines is 1. The van der Waals surface area contributed by atoms with Crippen LogP contribution in [0.3, 0.4) is 0 Å². The first-order valence-corrected chi connectivity index (χ1v) is 11.0. The maximum atomic E-state index is 13.2. The summed E-state index contributed by atoms with van der Waals surface area (Å²) in [7, 11) is 1.58. The summed E-state index contributed by atoms with van der Waals surface area (Å²) in [5.41, 5.74) is -0.441. The summed E-state index contributed by atoms with van der Waals surface area (Å²) >= 11 is 0. The Kier molecular flexibility index (Phi) is 5.59. The zero-order valence-corrected chi connectivity index (χ0v) is 19.4. The number of amides is 6. The summed E-state index contributed by atoms with van der Waals surface area (Å²) in [4.78, 5) is 51.3. The number of imide groups is 2. The molecule has 184 valence electrons. The minimum absolute atomic E-state index is 0.0856. The van der Waals surface area contributed by atoms with Crippen LogP contribution in [0.5, 0.6) is 17.2 Å². The molecule has 0 bridgehead atoms. The van der Waals surface area contributed by atoms with Gasteiger partial charge in [0, 0.05) is 11.8 Å². The fraction of sp³-hybridized carbons (Fsp3) is 0.200. The smallest absolute Gasteiger partial charge is 0.325 e. The molecular weight excluding hydrogens is 468 g/mol. The standard InChI is InChI=1S/C25H22N4O7/c1-25(16-5-3-15-10-18(34-2)7-4-14(15)9-16)22(31)29(24(33)28-25)12-21(30)27-23(32)26-17-6-8-19-20(11-17)36-13-35-19/h3-11H,12-13H2,1-2H3,(H,28,33)(H2,26,27,30,32)/t25-/m0/s1. The van der Waals surface area contributed by atoms with E-state index in [4.69, 9.17) is 14.2 Å². The molecule has 3 aromatic carbocycles. The quantitative estimate of drug-likeness (QED) is 0.468. The molecule has 0 saturated carbocycles. The number of urea groups is 2. The molecule has 0 radical (unpaired) electrons. The van der Waals surface area contributed by atoms with Crippen LogP contribution in [0.1, 0.15) is 12.5 Å². The SMILES string of the molecule is COc1ccc2cc([C@]3(C)NC(=O)N(CC(=O)NC(=O)Nc4ccc5c(c4)OCO5)C3=O)ccc2c1. The van der Waals surface area contributed by atoms with E-state index < -0.39 is 36.0 Å². The van der Waals surface area contributed by atoms with Gasteiger partial charge in [0.25, 0.3) is 5.91 Å². The maximum absolute atomic E-state index is 13.2. The van der Waals surface area contributed by atoms with E-state index in [9.17, 15) is 19.2 Å². The molecule has 1 saturated heterocycles. The van der Waals surface area contributed by atoms with Crippen LogP contribution in [0.4, 0.5) is 15.3 Å². The van der Waals surface area contributed by atoms with E-state index in [1.807, 2.05) is 18.2 Å². The maximum Gasteiger partial charge on any atom is 0.325 e. The van der Waals surface area contributed by atoms with Gasteiger partial charge in [-0.15, -0.1) is 0 Å². The highest BCUT2D eigenvalue weighted by atomic mass is 16.7. The first-order valence-electron chi connectivity index (χ1n) is 11.0. The van der Waals surface area contributed by atoms with Gasteiger partial charge in [-0.3, -0.25) is 19.8 Å². The third kappa shape index (κ3) is 4.11. The fourth-order valence-electron chi connectivity index (χ4n) is 4.14. The van der Waals surface area contributed by atoms with E-state index in [2.05, 4.69) is 16.0 Å². The van der Waals surface area contributed by atoms with Crippen molar-refractivity contribution in [2.24, 2.45) is 0 Å². The molecule has 11 heteroatoms. The second kappa shape index (κ2) is 8.77. The lowest BCUT2D eigenvalue weighted by molar-refractivity contribution is -0.134. The molecule has 2 aliphatic heterocycles. The lowest BCUT2D eigenvalue weighted by Gasteiger charge is -2.22. The number of hydrogen-bond donors (Lipinski definition) is 3. The molecule has 1 fully saturated rings. The van der Waals surface area contributed by atoms with Crippen molar-refractivity contribution >= 4 is 40.3 Å². The van der Waals surface area contributed by atoms with Gasteiger partial charge >= 0.3 is 12.1 Å². The average Bonchev–Trinajstić information content (AvgIpc) is 3.41. The Morgan fingerprint density at radius 2 is 1.78 bits per heavy atom. The second-order valence-electron chi connectivity index (χ2n) is 8.44. The van der Waals surface area contributed by atoms with Crippen molar-refractivity contribution in [3.05, 3.63) is 60.2 Å². The molecule has 11 nitrogen and oxygen atoms in total. The Morgan fingerprint density at radius 1 is 1.03 bits per heavy atom. The Bertz CT molecular complexity index is 1420. The minimum atomic E-state index is -1.37. The van der Waals surface area contributed by atoms with Gasteiger partial charge in [0.15, 0.2) is 11.5 Å². The lowest BCUT2D eigenvalue weighted by Crippen LogP contribution is -2.45. The lowest BCUT2D eigenvalue weighted by atomic mass is 9.90. The van der Waals surface area contributed by atoms with Gasteiger partial charge in [-0.25, -0.2) is 9.59 Å². The van der Waals surface area contributed by atoms with E-state index in [-0.39, 0.29) is 6.79 Å². The number of nitrogens with one attached hydrogen (secondary N) is 3. The third-order valence-electron chi connectivity index (χ3n) is 6.08. The van der Waals surface area contributed by atoms with Gasteiger partial charge in [-0.05, 0) is 53.6 Å². The van der Waals surface area contributed by atoms with Crippen LogP contribution in [0, 0.1) is 0 Å². The van der Waals surface area contributed by atoms with E-state index in [1.165, 1.54) is 0 Å². The number of ether oxygens (including phenoxy) is 3. The second-order valence-corrected chi connectivity index (χ2v) is 8.44. The third-order valence-corrected chi connectivity index (χ3v) is 6.08. The molecule has 2 aliphatic rings. The normalized spacial score (nSPS) is 18.2. The van der Waals surface area contributed by atoms with Crippen LogP contribution in [0.2, 0.25) is 0 Å². The van der Waals surface area contributed by atoms with Gasteiger partial charge < -0.3 is 24.8 Å². The number of rotatable bonds is 5. The number of methoxy groups -OCH3 is 1. The summed E-state index contributed by atoms with van der Waals surface area (Å²) < 4.78 is 15.7. The number of hydrogen-bond acceptors (Lipinski definition) is 7. The molecule has 0 spiro atoms. The molecule has 0 aromatic heterocycles. The number of carbonyl (C=O) groups excluding carboxylic acids is 4. The number of fused-ring (bicyclic) bond motifs is 2. The van der Waals surface area contributed by atoms with E-state index in [0.717, 1.165) is 15.7 Å². The van der Waals surface area contributed by atoms with Crippen LogP contribution < -0.4 is 30.2 Å². The highest BCUT2D eigenvalue weighted by Gasteiger charge is 2.49. The molecule has 3 N–H and O–H groups in total. The van der Waals surface area contributed by atoms with Crippen molar-refractivity contribution in [2.75, 3.05) is 25.8 Å². The summed E-state index contributed by atoms with van der Waals surface area (Å²) in [6, 6.07) is 14.1. The van der Waals surface area contributed by atoms with Crippen molar-refractivity contribution < 1.29 is 33.4 Å². The molecule has 5 rings (SSSR count). The monoisotopic (exact) mass is 490 g/mol. The Morgan fingerprint density at radius 3 is 2.58 bits per heavy atom. The predicted octanol–water partition coefficient (Wildman–Crippen LogP) is 2.69. The van der Waals surface area contributed by atoms with Crippen molar-refractivity contribution in [2.45, 2.75) is 12.5 Å². The van der Waals surface area contributed by atoms with Gasteiger partial charge in [0.2, 0.25) is 12.7 Å². The number of benzene rings is 3. The summed E-state index contributed by atoms with van der Waals surface area (Å²) in [6.45, 7) is 1.03. The molecule has 6 amide bonds. The van der Waals surface area contributed by atoms with Crippen LogP contribution in [0.15, 0.2) is 54.6 Å². The number of carbonyl (C=O) groups is 4. The largest absolute Gasteiger partial charge is 0.497 e. The minimum Gasteiger partial charge on any atom is -0.497 e. The Balaban J connectivity index is 1.25. The summed E-state index contributed by atoms with van der Waals surface area (Å²) in [5.74, 6) is 0.278. The molecule has 0 unspecified atom stereocenters. The molecule has 3 aromatic rings. The zero-order chi connectivity index (χ0) is 25.4. The van der Waals surface area contributed by atoms with Crippen LogP contribution >= 0.6 is 0 Å². The van der Waals surface area contributed by atoms with Crippen LogP contribution in [-0.4, -0.2) is 49.2 Å². The molecule has 1 atom stereocenters. The van der Waals surface area contributed by atoms with Crippen molar-refractivity contribution in [3.8, 4) is 17.2 Å². The first-order chi connectivity index (χ1) is 17.3. The topological polar surface area (TPSA) is 135 Å². The van der Waals surface area contributed by atoms with E-state index in [0.29, 0.717) is 28.5 Å². The average molecular weight is 490 g/mol. The van der Waals surface area contributed by atoms with E-state index in [1.54, 1.807) is 50.4 Å². The molecule has 0 aliphatic carbocycles. The fourth-order valence-corrected chi connectivity index (χ4v) is 4.14. The molecular formula is C25H22N4O7. The van der Waals surface area contributed by atoms with Crippen LogP contribution in [-0.2, 0) is 15.1 Å². The zero-order valence-electron chi connectivity index (χ0n) is 19.4. The Hall–Kier alpha value is -4.80. The molecule has 36 heavy (non-hydrogen) atoms. The highest BCUT2D eigenvalue weighted by Crippen LogP contribution is 2.34. The van der Waals surface area contributed by atoms with Gasteiger partial charge in [0.1, 0.15) is 17.8 Å². The van der Waals surface area contributed by atoms with E-state index >= 15 is 0 Å². The summed E-state index contributed by atoms with van der Waals surface area (Å²) in [6.07, 6.45) is 0. The van der Waals surface area contributed by atoms with Gasteiger partial charge in [-0.2, -0.15) is 0 Å². The summed E-state index contributed by atoms with van der Waals surface area (Å²) in [5, 5.41) is 9.04. The van der Waals surface area contributed by atoms with Gasteiger partial charge in [-0.1, -0.05) is 18.2 Å². The van der Waals surface area contributed by atoms with Gasteiger partial charge in [0.05, 0.1) is 7.11 Å². The van der Waals surface area contributed by atoms with Crippen molar-refractivity contribution in [1.82, 2.24) is 15.5 Å². The first kappa shape index (κ1) is 23.0. The van der Waals surface area contributed by atoms with Crippen LogP contribution in [0.25, 0.3) is 10.8 Å². The number of nitrogens with zero attached hydrogens (tertiary/aromatic N) is 1. The Labute approximate surface area is 205 Å². The molecule has 2 heterocycles. The van der Waals surface area contributed by atoms with Crippen molar-refractivity contribution in [1.29, 1.82) is 0 Å². The van der Waals surface area contributed by atoms with Crippen molar-refractivity contribution in [3.63, 3.8) is 0 Å². The highest BCUT2D eigenvalue weighted by molar-refractivity contribution is 6.11. The predicted molar refractivity (Wildman–Crippen MR) is 128 cm³/mol.